The van der Waals surface area contributed by atoms with Gasteiger partial charge in [0.05, 0.1) is 24.2 Å². The summed E-state index contributed by atoms with van der Waals surface area (Å²) in [6.07, 6.45) is -4.40. The van der Waals surface area contributed by atoms with Gasteiger partial charge in [0.15, 0.2) is 0 Å². The molecule has 1 fully saturated rings. The molecule has 0 radical (unpaired) electrons. The van der Waals surface area contributed by atoms with Gasteiger partial charge in [-0.3, -0.25) is 9.69 Å². The molecule has 0 aliphatic carbocycles. The third-order valence-electron chi connectivity index (χ3n) is 4.60. The van der Waals surface area contributed by atoms with E-state index in [-0.39, 0.29) is 24.5 Å². The van der Waals surface area contributed by atoms with Crippen molar-refractivity contribution in [3.8, 4) is 0 Å². The lowest BCUT2D eigenvalue weighted by molar-refractivity contribution is -0.192. The van der Waals surface area contributed by atoms with Crippen molar-refractivity contribution in [2.75, 3.05) is 20.1 Å². The number of hydrogen-bond donors (Lipinski definition) is 2. The smallest absolute Gasteiger partial charge is 0.475 e. The highest BCUT2D eigenvalue weighted by Crippen LogP contribution is 2.16. The van der Waals surface area contributed by atoms with Crippen LogP contribution in [0.1, 0.15) is 45.2 Å². The van der Waals surface area contributed by atoms with E-state index in [1.165, 1.54) is 5.56 Å². The Labute approximate surface area is 186 Å². The Bertz CT molecular complexity index is 737. The van der Waals surface area contributed by atoms with Gasteiger partial charge >= 0.3 is 12.1 Å². The van der Waals surface area contributed by atoms with Crippen LogP contribution < -0.4 is 0 Å². The van der Waals surface area contributed by atoms with Gasteiger partial charge in [-0.15, -0.1) is 0 Å². The third-order valence-corrected chi connectivity index (χ3v) is 4.60. The van der Waals surface area contributed by atoms with Crippen LogP contribution in [0.15, 0.2) is 24.3 Å². The fraction of sp³-hybridized carbons (Fsp3) is 0.636. The molecule has 1 saturated heterocycles. The number of amides is 1. The van der Waals surface area contributed by atoms with Gasteiger partial charge in [-0.25, -0.2) is 4.79 Å². The van der Waals surface area contributed by atoms with Crippen molar-refractivity contribution < 1.29 is 37.7 Å². The van der Waals surface area contributed by atoms with E-state index in [2.05, 4.69) is 43.0 Å². The number of halogens is 3. The van der Waals surface area contributed by atoms with Crippen molar-refractivity contribution in [3.05, 3.63) is 35.4 Å². The number of rotatable bonds is 6. The number of hydrogen-bond acceptors (Lipinski definition) is 5. The SMILES string of the molecule is C[C@@H]1CN(Cc2ccc(CN(C)C(=O)CC(C)(C)O)cc2)C[C@H](C)O1.O=C(O)C(F)(F)F. The van der Waals surface area contributed by atoms with Gasteiger partial charge in [0.2, 0.25) is 5.91 Å². The van der Waals surface area contributed by atoms with Gasteiger partial charge in [0, 0.05) is 33.2 Å². The van der Waals surface area contributed by atoms with Gasteiger partial charge in [-0.05, 0) is 38.8 Å². The average molecular weight is 463 g/mol. The molecule has 1 aliphatic heterocycles. The van der Waals surface area contributed by atoms with Crippen LogP contribution >= 0.6 is 0 Å². The Morgan fingerprint density at radius 1 is 1.09 bits per heavy atom. The molecule has 1 amide bonds. The Morgan fingerprint density at radius 2 is 1.53 bits per heavy atom. The van der Waals surface area contributed by atoms with Gasteiger partial charge in [0.1, 0.15) is 0 Å². The van der Waals surface area contributed by atoms with Crippen LogP contribution in [0, 0.1) is 0 Å². The minimum atomic E-state index is -5.08. The lowest BCUT2D eigenvalue weighted by atomic mass is 10.0. The summed E-state index contributed by atoms with van der Waals surface area (Å²) in [4.78, 5) is 25.1. The van der Waals surface area contributed by atoms with Crippen molar-refractivity contribution in [1.29, 1.82) is 0 Å². The first-order chi connectivity index (χ1) is 14.6. The molecule has 182 valence electrons. The van der Waals surface area contributed by atoms with Crippen molar-refractivity contribution >= 4 is 11.9 Å². The molecule has 2 atom stereocenters. The van der Waals surface area contributed by atoms with Crippen LogP contribution in [0.3, 0.4) is 0 Å². The number of ether oxygens (including phenoxy) is 1. The molecule has 7 nitrogen and oxygen atoms in total. The zero-order valence-electron chi connectivity index (χ0n) is 19.1. The van der Waals surface area contributed by atoms with E-state index in [0.717, 1.165) is 25.2 Å². The van der Waals surface area contributed by atoms with E-state index in [1.807, 2.05) is 0 Å². The van der Waals surface area contributed by atoms with E-state index in [0.29, 0.717) is 6.54 Å². The molecule has 0 spiro atoms. The van der Waals surface area contributed by atoms with Gasteiger partial charge in [-0.2, -0.15) is 13.2 Å². The molecule has 32 heavy (non-hydrogen) atoms. The van der Waals surface area contributed by atoms with Gasteiger partial charge in [0.25, 0.3) is 0 Å². The second-order valence-corrected chi connectivity index (χ2v) is 8.81. The number of aliphatic carboxylic acids is 1. The molecule has 0 saturated carbocycles. The van der Waals surface area contributed by atoms with E-state index >= 15 is 0 Å². The number of carbonyl (C=O) groups excluding carboxylic acids is 1. The zero-order chi connectivity index (χ0) is 24.7. The summed E-state index contributed by atoms with van der Waals surface area (Å²) < 4.78 is 37.5. The molecule has 0 bridgehead atoms. The molecule has 1 aromatic carbocycles. The van der Waals surface area contributed by atoms with E-state index in [9.17, 15) is 23.1 Å². The average Bonchev–Trinajstić information content (AvgIpc) is 2.60. The molecule has 1 heterocycles. The largest absolute Gasteiger partial charge is 0.490 e. The van der Waals surface area contributed by atoms with Crippen LogP contribution in [-0.4, -0.2) is 76.0 Å². The van der Waals surface area contributed by atoms with Crippen LogP contribution in [0.5, 0.6) is 0 Å². The minimum absolute atomic E-state index is 0.0483. The first-order valence-corrected chi connectivity index (χ1v) is 10.3. The van der Waals surface area contributed by atoms with E-state index in [4.69, 9.17) is 14.6 Å². The Balaban J connectivity index is 0.000000633. The fourth-order valence-electron chi connectivity index (χ4n) is 3.29. The molecular weight excluding hydrogens is 429 g/mol. The first kappa shape index (κ1) is 27.9. The Morgan fingerprint density at radius 3 is 1.94 bits per heavy atom. The summed E-state index contributed by atoms with van der Waals surface area (Å²) in [7, 11) is 1.78. The Hall–Kier alpha value is -2.17. The quantitative estimate of drug-likeness (QED) is 0.676. The summed E-state index contributed by atoms with van der Waals surface area (Å²) in [5.41, 5.74) is 1.40. The van der Waals surface area contributed by atoms with Crippen LogP contribution in [0.25, 0.3) is 0 Å². The zero-order valence-corrected chi connectivity index (χ0v) is 19.1. The van der Waals surface area contributed by atoms with E-state index in [1.54, 1.807) is 25.8 Å². The van der Waals surface area contributed by atoms with E-state index < -0.39 is 17.7 Å². The summed E-state index contributed by atoms with van der Waals surface area (Å²) in [5.74, 6) is -2.81. The number of benzene rings is 1. The number of nitrogens with zero attached hydrogens (tertiary/aromatic N) is 2. The fourth-order valence-corrected chi connectivity index (χ4v) is 3.29. The lowest BCUT2D eigenvalue weighted by Gasteiger charge is -2.35. The second kappa shape index (κ2) is 11.6. The van der Waals surface area contributed by atoms with Crippen LogP contribution in [0.4, 0.5) is 13.2 Å². The molecule has 1 aromatic rings. The van der Waals surface area contributed by atoms with Crippen molar-refractivity contribution in [1.82, 2.24) is 9.80 Å². The number of morpholine rings is 1. The number of carboxylic acid groups (broad SMARTS) is 1. The molecule has 0 unspecified atom stereocenters. The maximum Gasteiger partial charge on any atom is 0.490 e. The second-order valence-electron chi connectivity index (χ2n) is 8.81. The molecule has 2 rings (SSSR count). The van der Waals surface area contributed by atoms with Gasteiger partial charge < -0.3 is 19.8 Å². The summed E-state index contributed by atoms with van der Waals surface area (Å²) in [5, 5.41) is 16.9. The molecule has 10 heteroatoms. The number of carbonyl (C=O) groups is 2. The number of alkyl halides is 3. The highest BCUT2D eigenvalue weighted by Gasteiger charge is 2.38. The lowest BCUT2D eigenvalue weighted by Crippen LogP contribution is -2.44. The maximum atomic E-state index is 12.1. The monoisotopic (exact) mass is 462 g/mol. The first-order valence-electron chi connectivity index (χ1n) is 10.3. The van der Waals surface area contributed by atoms with Crippen molar-refractivity contribution in [2.24, 2.45) is 0 Å². The highest BCUT2D eigenvalue weighted by atomic mass is 19.4. The summed E-state index contributed by atoms with van der Waals surface area (Å²) >= 11 is 0. The summed E-state index contributed by atoms with van der Waals surface area (Å²) in [6, 6.07) is 8.43. The van der Waals surface area contributed by atoms with Crippen molar-refractivity contribution in [2.45, 2.75) is 71.2 Å². The van der Waals surface area contributed by atoms with Crippen LogP contribution in [0.2, 0.25) is 0 Å². The number of carboxylic acids is 1. The third kappa shape index (κ3) is 10.9. The molecule has 0 aromatic heterocycles. The maximum absolute atomic E-state index is 12.1. The Kier molecular flexibility index (Phi) is 10.1. The summed E-state index contributed by atoms with van der Waals surface area (Å²) in [6.45, 7) is 10.9. The molecule has 1 aliphatic rings. The standard InChI is InChI=1S/C20H32N2O3.C2HF3O2/c1-15-11-22(12-16(2)25-15)14-18-8-6-17(7-9-18)13-21(5)19(23)10-20(3,4)24;3-2(4,5)1(6)7/h6-9,15-16,24H,10-14H2,1-5H3;(H,6,7)/t15-,16+;. The normalized spacial score (nSPS) is 19.7. The molecule has 2 N–H and O–H groups in total. The van der Waals surface area contributed by atoms with Crippen molar-refractivity contribution in [3.63, 3.8) is 0 Å². The minimum Gasteiger partial charge on any atom is -0.475 e. The number of aliphatic hydroxyl groups is 1. The predicted molar refractivity (Wildman–Crippen MR) is 113 cm³/mol. The van der Waals surface area contributed by atoms with Gasteiger partial charge in [-0.1, -0.05) is 24.3 Å². The molecular formula is C22H33F3N2O5. The predicted octanol–water partition coefficient (Wildman–Crippen LogP) is 3.05. The van der Waals surface area contributed by atoms with Crippen LogP contribution in [-0.2, 0) is 27.4 Å². The highest BCUT2D eigenvalue weighted by molar-refractivity contribution is 5.76. The topological polar surface area (TPSA) is 90.3 Å².